The summed E-state index contributed by atoms with van der Waals surface area (Å²) >= 11 is 0. The minimum Gasteiger partial charge on any atom is -0.393 e. The first kappa shape index (κ1) is 21.6. The number of rotatable bonds is 5. The van der Waals surface area contributed by atoms with E-state index in [4.69, 9.17) is 0 Å². The van der Waals surface area contributed by atoms with Gasteiger partial charge in [0, 0.05) is 44.8 Å². The third-order valence-corrected chi connectivity index (χ3v) is 7.58. The van der Waals surface area contributed by atoms with Gasteiger partial charge in [0.15, 0.2) is 11.6 Å². The minimum atomic E-state index is -0.685. The van der Waals surface area contributed by atoms with Gasteiger partial charge in [0.25, 0.3) is 0 Å². The summed E-state index contributed by atoms with van der Waals surface area (Å²) in [4.78, 5) is 27.3. The Labute approximate surface area is 186 Å². The molecule has 0 aromatic heterocycles. The number of benzene rings is 1. The van der Waals surface area contributed by atoms with Crippen molar-refractivity contribution in [2.75, 3.05) is 42.9 Å². The number of hydrogen-bond acceptors (Lipinski definition) is 6. The van der Waals surface area contributed by atoms with Crippen molar-refractivity contribution in [3.63, 3.8) is 0 Å². The molecule has 7 nitrogen and oxygen atoms in total. The van der Waals surface area contributed by atoms with E-state index in [9.17, 15) is 23.5 Å². The highest BCUT2D eigenvalue weighted by Gasteiger charge is 2.52. The zero-order valence-corrected chi connectivity index (χ0v) is 18.1. The Balaban J connectivity index is 1.14. The molecule has 1 spiro atoms. The average molecular weight is 449 g/mol. The Morgan fingerprint density at radius 1 is 1.06 bits per heavy atom. The third kappa shape index (κ3) is 4.20. The Bertz CT molecular complexity index is 881. The summed E-state index contributed by atoms with van der Waals surface area (Å²) in [7, 11) is 0. The monoisotopic (exact) mass is 448 g/mol. The van der Waals surface area contributed by atoms with Gasteiger partial charge in [0.05, 0.1) is 6.10 Å². The molecule has 5 rings (SSSR count). The van der Waals surface area contributed by atoms with Crippen LogP contribution in [0.4, 0.5) is 20.2 Å². The van der Waals surface area contributed by atoms with Crippen molar-refractivity contribution in [3.05, 3.63) is 23.8 Å². The summed E-state index contributed by atoms with van der Waals surface area (Å²) < 4.78 is 29.7. The van der Waals surface area contributed by atoms with Gasteiger partial charge in [-0.05, 0) is 55.6 Å². The van der Waals surface area contributed by atoms with E-state index in [-0.39, 0.29) is 29.8 Å². The maximum absolute atomic E-state index is 14.8. The van der Waals surface area contributed by atoms with Gasteiger partial charge >= 0.3 is 0 Å². The Hall–Kier alpha value is -2.26. The molecule has 1 atom stereocenters. The van der Waals surface area contributed by atoms with Crippen LogP contribution in [0.2, 0.25) is 0 Å². The van der Waals surface area contributed by atoms with Gasteiger partial charge in [-0.25, -0.2) is 8.78 Å². The number of carbonyl (C=O) groups excluding carboxylic acids is 2. The molecular formula is C23H30F2N4O3. The van der Waals surface area contributed by atoms with Gasteiger partial charge in [-0.2, -0.15) is 0 Å². The standard InChI is InChI=1S/C23H30F2N4O3/c24-17-7-15(26-19-1-2-20(31)27-22(19)32)8-18(25)21(17)29-5-3-28(4-6-29)13-14-9-23(10-14)11-16(30)12-23/h7-8,14,16,19,26,30H,1-6,9-13H2,(H,27,31,32). The van der Waals surface area contributed by atoms with E-state index in [0.29, 0.717) is 30.8 Å². The molecule has 4 aliphatic rings. The predicted octanol–water partition coefficient (Wildman–Crippen LogP) is 1.85. The van der Waals surface area contributed by atoms with E-state index in [1.165, 1.54) is 25.0 Å². The fraction of sp³-hybridized carbons (Fsp3) is 0.652. The fourth-order valence-corrected chi connectivity index (χ4v) is 6.07. The SMILES string of the molecule is O=C1CCC(Nc2cc(F)c(N3CCN(CC4CC5(CC(O)C5)C4)CC3)c(F)c2)C(=O)N1. The molecule has 174 valence electrons. The zero-order valence-electron chi connectivity index (χ0n) is 18.1. The third-order valence-electron chi connectivity index (χ3n) is 7.58. The van der Waals surface area contributed by atoms with E-state index < -0.39 is 23.6 Å². The van der Waals surface area contributed by atoms with Crippen LogP contribution < -0.4 is 15.5 Å². The van der Waals surface area contributed by atoms with Gasteiger partial charge in [-0.3, -0.25) is 19.8 Å². The average Bonchev–Trinajstić information content (AvgIpc) is 2.68. The highest BCUT2D eigenvalue weighted by atomic mass is 19.1. The van der Waals surface area contributed by atoms with Crippen LogP contribution in [0.1, 0.15) is 38.5 Å². The van der Waals surface area contributed by atoms with Crippen molar-refractivity contribution >= 4 is 23.2 Å². The first-order valence-electron chi connectivity index (χ1n) is 11.5. The number of aliphatic hydroxyl groups is 1. The molecule has 1 aromatic rings. The lowest BCUT2D eigenvalue weighted by Gasteiger charge is -2.57. The maximum atomic E-state index is 14.8. The number of nitrogens with one attached hydrogen (secondary N) is 2. The zero-order chi connectivity index (χ0) is 22.5. The van der Waals surface area contributed by atoms with Crippen molar-refractivity contribution < 1.29 is 23.5 Å². The Kier molecular flexibility index (Phi) is 5.57. The summed E-state index contributed by atoms with van der Waals surface area (Å²) in [5, 5.41) is 14.6. The smallest absolute Gasteiger partial charge is 0.249 e. The lowest BCUT2D eigenvalue weighted by Crippen LogP contribution is -2.54. The van der Waals surface area contributed by atoms with Crippen LogP contribution in [-0.2, 0) is 9.59 Å². The van der Waals surface area contributed by atoms with Crippen molar-refractivity contribution in [3.8, 4) is 0 Å². The molecule has 2 aliphatic carbocycles. The molecule has 2 heterocycles. The maximum Gasteiger partial charge on any atom is 0.249 e. The van der Waals surface area contributed by atoms with E-state index in [0.717, 1.165) is 32.5 Å². The van der Waals surface area contributed by atoms with E-state index >= 15 is 0 Å². The van der Waals surface area contributed by atoms with E-state index in [1.54, 1.807) is 4.90 Å². The first-order valence-corrected chi connectivity index (χ1v) is 11.5. The van der Waals surface area contributed by atoms with E-state index in [2.05, 4.69) is 15.5 Å². The van der Waals surface area contributed by atoms with E-state index in [1.807, 2.05) is 0 Å². The number of piperidine rings is 1. The molecule has 32 heavy (non-hydrogen) atoms. The minimum absolute atomic E-state index is 0.0236. The van der Waals surface area contributed by atoms with Crippen LogP contribution in [0.25, 0.3) is 0 Å². The lowest BCUT2D eigenvalue weighted by atomic mass is 9.50. The molecule has 1 unspecified atom stereocenters. The largest absolute Gasteiger partial charge is 0.393 e. The highest BCUT2D eigenvalue weighted by molar-refractivity contribution is 6.01. The second-order valence-corrected chi connectivity index (χ2v) is 10.1. The Morgan fingerprint density at radius 3 is 2.31 bits per heavy atom. The number of piperazine rings is 1. The van der Waals surface area contributed by atoms with Crippen LogP contribution in [0.15, 0.2) is 12.1 Å². The van der Waals surface area contributed by atoms with Crippen LogP contribution in [-0.4, -0.2) is 66.7 Å². The van der Waals surface area contributed by atoms with Crippen molar-refractivity contribution in [1.29, 1.82) is 0 Å². The van der Waals surface area contributed by atoms with Gasteiger partial charge in [-0.1, -0.05) is 0 Å². The van der Waals surface area contributed by atoms with Crippen molar-refractivity contribution in [2.24, 2.45) is 11.3 Å². The summed E-state index contributed by atoms with van der Waals surface area (Å²) in [5.41, 5.74) is 0.573. The molecule has 2 amide bonds. The molecular weight excluding hydrogens is 418 g/mol. The normalized spacial score (nSPS) is 33.0. The summed E-state index contributed by atoms with van der Waals surface area (Å²) in [6.07, 6.45) is 4.66. The highest BCUT2D eigenvalue weighted by Crippen LogP contribution is 2.58. The molecule has 3 N–H and O–H groups in total. The van der Waals surface area contributed by atoms with Gasteiger partial charge < -0.3 is 15.3 Å². The van der Waals surface area contributed by atoms with Gasteiger partial charge in [-0.15, -0.1) is 0 Å². The molecule has 9 heteroatoms. The molecule has 4 fully saturated rings. The summed E-state index contributed by atoms with van der Waals surface area (Å²) in [5.74, 6) is -1.46. The number of imide groups is 1. The first-order chi connectivity index (χ1) is 15.3. The number of halogens is 2. The van der Waals surface area contributed by atoms with Gasteiger partial charge in [0.2, 0.25) is 11.8 Å². The lowest BCUT2D eigenvalue weighted by molar-refractivity contribution is -0.133. The summed E-state index contributed by atoms with van der Waals surface area (Å²) in [6.45, 7) is 3.67. The van der Waals surface area contributed by atoms with Gasteiger partial charge in [0.1, 0.15) is 11.7 Å². The topological polar surface area (TPSA) is 84.9 Å². The molecule has 0 bridgehead atoms. The number of hydrogen-bond donors (Lipinski definition) is 3. The second-order valence-electron chi connectivity index (χ2n) is 10.1. The van der Waals surface area contributed by atoms with Crippen molar-refractivity contribution in [2.45, 2.75) is 50.7 Å². The number of nitrogens with zero attached hydrogens (tertiary/aromatic N) is 2. The van der Waals surface area contributed by atoms with Crippen LogP contribution in [0.3, 0.4) is 0 Å². The molecule has 2 aliphatic heterocycles. The predicted molar refractivity (Wildman–Crippen MR) is 115 cm³/mol. The molecule has 2 saturated heterocycles. The van der Waals surface area contributed by atoms with Crippen LogP contribution >= 0.6 is 0 Å². The number of aliphatic hydroxyl groups excluding tert-OH is 1. The Morgan fingerprint density at radius 2 is 1.72 bits per heavy atom. The molecule has 0 radical (unpaired) electrons. The molecule has 2 saturated carbocycles. The number of amides is 2. The number of carbonyl (C=O) groups is 2. The van der Waals surface area contributed by atoms with Crippen LogP contribution in [0.5, 0.6) is 0 Å². The second kappa shape index (κ2) is 8.26. The van der Waals surface area contributed by atoms with Crippen molar-refractivity contribution in [1.82, 2.24) is 10.2 Å². The summed E-state index contributed by atoms with van der Waals surface area (Å²) in [6, 6.07) is 1.75. The number of anilines is 2. The quantitative estimate of drug-likeness (QED) is 0.597. The fourth-order valence-electron chi connectivity index (χ4n) is 6.07. The van der Waals surface area contributed by atoms with Crippen LogP contribution in [0, 0.1) is 23.0 Å². The molecule has 1 aromatic carbocycles.